The van der Waals surface area contributed by atoms with Crippen LogP contribution in [0.3, 0.4) is 0 Å². The lowest BCUT2D eigenvalue weighted by atomic mass is 10.1. The molecule has 0 saturated heterocycles. The average Bonchev–Trinajstić information content (AvgIpc) is 1.84. The summed E-state index contributed by atoms with van der Waals surface area (Å²) in [5.74, 6) is -1.80. The Bertz CT molecular complexity index is 173. The van der Waals surface area contributed by atoms with E-state index >= 15 is 0 Å². The highest BCUT2D eigenvalue weighted by Gasteiger charge is 2.21. The number of carboxylic acids is 1. The van der Waals surface area contributed by atoms with Crippen LogP contribution in [0.25, 0.3) is 0 Å². The Morgan fingerprint density at radius 2 is 2.00 bits per heavy atom. The minimum absolute atomic E-state index is 0.128. The van der Waals surface area contributed by atoms with Gasteiger partial charge in [0.25, 0.3) is 0 Å². The first-order valence-corrected chi connectivity index (χ1v) is 3.41. The topological polar surface area (TPSA) is 106 Å². The third kappa shape index (κ3) is 3.84. The van der Waals surface area contributed by atoms with E-state index in [4.69, 9.17) is 16.6 Å². The van der Waals surface area contributed by atoms with Crippen LogP contribution in [0.5, 0.6) is 0 Å². The zero-order valence-electron chi connectivity index (χ0n) is 5.73. The zero-order valence-corrected chi connectivity index (χ0v) is 6.62. The second-order valence-corrected chi connectivity index (χ2v) is 2.77. The lowest BCUT2D eigenvalue weighted by Crippen LogP contribution is -2.40. The maximum atomic E-state index is 10.3. The molecule has 0 heterocycles. The Labute approximate surface area is 69.2 Å². The fourth-order valence-corrected chi connectivity index (χ4v) is 0.805. The third-order valence-electron chi connectivity index (χ3n) is 1.11. The predicted molar refractivity (Wildman–Crippen MR) is 42.2 cm³/mol. The van der Waals surface area contributed by atoms with E-state index in [1.54, 1.807) is 0 Å². The summed E-state index contributed by atoms with van der Waals surface area (Å²) in [5.41, 5.74) is 9.92. The van der Waals surface area contributed by atoms with Crippen LogP contribution < -0.4 is 11.5 Å². The van der Waals surface area contributed by atoms with Crippen LogP contribution >= 0.6 is 12.6 Å². The van der Waals surface area contributed by atoms with E-state index in [9.17, 15) is 9.59 Å². The number of hydrogen-bond donors (Lipinski definition) is 4. The molecule has 0 aromatic heterocycles. The monoisotopic (exact) mass is 178 g/mol. The highest BCUT2D eigenvalue weighted by Crippen LogP contribution is 2.04. The summed E-state index contributed by atoms with van der Waals surface area (Å²) in [7, 11) is 0. The third-order valence-corrected chi connectivity index (χ3v) is 1.61. The van der Waals surface area contributed by atoms with Crippen molar-refractivity contribution in [1.29, 1.82) is 0 Å². The molecule has 0 rings (SSSR count). The Morgan fingerprint density at radius 1 is 1.55 bits per heavy atom. The van der Waals surface area contributed by atoms with Gasteiger partial charge in [0.1, 0.15) is 6.04 Å². The van der Waals surface area contributed by atoms with E-state index in [1.165, 1.54) is 0 Å². The number of primary amides is 1. The second-order valence-electron chi connectivity index (χ2n) is 2.10. The van der Waals surface area contributed by atoms with Crippen molar-refractivity contribution in [1.82, 2.24) is 0 Å². The molecule has 0 aliphatic rings. The van der Waals surface area contributed by atoms with Crippen LogP contribution in [-0.4, -0.2) is 28.3 Å². The molecule has 11 heavy (non-hydrogen) atoms. The van der Waals surface area contributed by atoms with Gasteiger partial charge in [-0.1, -0.05) is 0 Å². The van der Waals surface area contributed by atoms with Gasteiger partial charge >= 0.3 is 5.97 Å². The number of carbonyl (C=O) groups excluding carboxylic acids is 1. The molecule has 0 fully saturated rings. The van der Waals surface area contributed by atoms with Crippen molar-refractivity contribution < 1.29 is 14.7 Å². The molecule has 0 aromatic rings. The summed E-state index contributed by atoms with van der Waals surface area (Å²) in [6.45, 7) is 0. The van der Waals surface area contributed by atoms with Crippen molar-refractivity contribution in [2.45, 2.75) is 17.7 Å². The van der Waals surface area contributed by atoms with Crippen molar-refractivity contribution in [3.05, 3.63) is 0 Å². The van der Waals surface area contributed by atoms with Gasteiger partial charge in [-0.25, -0.2) is 0 Å². The molecule has 0 saturated carbocycles. The normalized spacial score (nSPS) is 15.5. The highest BCUT2D eigenvalue weighted by atomic mass is 32.1. The Kier molecular flexibility index (Phi) is 3.91. The van der Waals surface area contributed by atoms with E-state index < -0.39 is 23.2 Å². The maximum absolute atomic E-state index is 10.3. The molecule has 0 aromatic carbocycles. The van der Waals surface area contributed by atoms with Gasteiger partial charge in [-0.15, -0.1) is 0 Å². The van der Waals surface area contributed by atoms with E-state index in [-0.39, 0.29) is 6.42 Å². The van der Waals surface area contributed by atoms with E-state index in [2.05, 4.69) is 12.6 Å². The average molecular weight is 178 g/mol. The number of carboxylic acid groups (broad SMARTS) is 1. The summed E-state index contributed by atoms with van der Waals surface area (Å²) in [4.78, 5) is 20.5. The van der Waals surface area contributed by atoms with Gasteiger partial charge in [-0.2, -0.15) is 12.6 Å². The van der Waals surface area contributed by atoms with Gasteiger partial charge in [-0.05, 0) is 0 Å². The van der Waals surface area contributed by atoms with Gasteiger partial charge < -0.3 is 16.6 Å². The quantitative estimate of drug-likeness (QED) is 0.396. The molecular formula is C5H10N2O3S. The second kappa shape index (κ2) is 4.20. The summed E-state index contributed by atoms with van der Waals surface area (Å²) < 4.78 is 0. The lowest BCUT2D eigenvalue weighted by molar-refractivity contribution is -0.138. The number of rotatable bonds is 4. The van der Waals surface area contributed by atoms with Crippen LogP contribution in [0.2, 0.25) is 0 Å². The predicted octanol–water partition coefficient (Wildman–Crippen LogP) is -1.43. The number of nitrogens with two attached hydrogens (primary N) is 2. The minimum Gasteiger partial charge on any atom is -0.480 e. The summed E-state index contributed by atoms with van der Waals surface area (Å²) in [6.07, 6.45) is -0.128. The molecule has 0 aliphatic heterocycles. The summed E-state index contributed by atoms with van der Waals surface area (Å²) in [5, 5.41) is 7.62. The zero-order chi connectivity index (χ0) is 9.02. The molecule has 1 unspecified atom stereocenters. The molecule has 5 nitrogen and oxygen atoms in total. The van der Waals surface area contributed by atoms with Crippen LogP contribution in [0.4, 0.5) is 0 Å². The molecule has 0 aliphatic carbocycles. The molecule has 0 bridgehead atoms. The van der Waals surface area contributed by atoms with Crippen molar-refractivity contribution in [3.63, 3.8) is 0 Å². The number of carbonyl (C=O) groups is 2. The lowest BCUT2D eigenvalue weighted by Gasteiger charge is -2.12. The maximum Gasteiger partial charge on any atom is 0.321 e. The molecule has 6 heteroatoms. The van der Waals surface area contributed by atoms with Crippen molar-refractivity contribution >= 4 is 24.5 Å². The van der Waals surface area contributed by atoms with Crippen LogP contribution in [-0.2, 0) is 9.59 Å². The summed E-state index contributed by atoms with van der Waals surface area (Å²) >= 11 is 3.80. The van der Waals surface area contributed by atoms with Crippen molar-refractivity contribution in [2.75, 3.05) is 0 Å². The first-order chi connectivity index (χ1) is 4.95. The largest absolute Gasteiger partial charge is 0.480 e. The van der Waals surface area contributed by atoms with Gasteiger partial charge in [0.05, 0.1) is 0 Å². The molecule has 0 radical (unpaired) electrons. The first-order valence-electron chi connectivity index (χ1n) is 2.90. The van der Waals surface area contributed by atoms with Gasteiger partial charge in [0.2, 0.25) is 5.91 Å². The minimum atomic E-state index is -1.19. The van der Waals surface area contributed by atoms with Gasteiger partial charge in [0.15, 0.2) is 0 Å². The number of amides is 1. The number of hydrogen-bond acceptors (Lipinski definition) is 4. The van der Waals surface area contributed by atoms with Crippen LogP contribution in [0, 0.1) is 0 Å². The van der Waals surface area contributed by atoms with Crippen molar-refractivity contribution in [2.24, 2.45) is 11.5 Å². The van der Waals surface area contributed by atoms with E-state index in [0.29, 0.717) is 0 Å². The Morgan fingerprint density at radius 3 is 2.27 bits per heavy atom. The van der Waals surface area contributed by atoms with E-state index in [1.807, 2.05) is 0 Å². The Hall–Kier alpha value is -0.750. The van der Waals surface area contributed by atoms with Gasteiger partial charge in [0, 0.05) is 11.7 Å². The van der Waals surface area contributed by atoms with Gasteiger partial charge in [-0.3, -0.25) is 9.59 Å². The van der Waals surface area contributed by atoms with Crippen LogP contribution in [0.15, 0.2) is 0 Å². The van der Waals surface area contributed by atoms with Crippen LogP contribution in [0.1, 0.15) is 6.42 Å². The fraction of sp³-hybridized carbons (Fsp3) is 0.600. The molecule has 2 atom stereocenters. The smallest absolute Gasteiger partial charge is 0.321 e. The molecule has 0 spiro atoms. The molecule has 64 valence electrons. The standard InChI is InChI=1S/C5H10N2O3S/c6-3(8)1-2(11)4(7)5(9)10/h2,4,11H,1,7H2,(H2,6,8)(H,9,10)/t2?,4-/m0/s1. The number of thiol groups is 1. The Balaban J connectivity index is 3.92. The van der Waals surface area contributed by atoms with Crippen molar-refractivity contribution in [3.8, 4) is 0 Å². The highest BCUT2D eigenvalue weighted by molar-refractivity contribution is 7.81. The summed E-state index contributed by atoms with van der Waals surface area (Å²) in [6, 6.07) is -1.15. The first kappa shape index (κ1) is 10.2. The fourth-order valence-electron chi connectivity index (χ4n) is 0.498. The van der Waals surface area contributed by atoms with E-state index in [0.717, 1.165) is 0 Å². The molecule has 1 amide bonds. The number of aliphatic carboxylic acids is 1. The molecule has 5 N–H and O–H groups in total. The molecular weight excluding hydrogens is 168 g/mol. The SMILES string of the molecule is NC(=O)CC(S)[C@H](N)C(=O)O.